The van der Waals surface area contributed by atoms with Gasteiger partial charge in [0.05, 0.1) is 0 Å². The standard InChI is InChI=1S/C16H28N2/c1-5-15(17-4)8-7-13-18(6-2)16-11-9-14(3)10-12-16/h9-12,15,17H,5-8,13H2,1-4H3. The Morgan fingerprint density at radius 3 is 2.33 bits per heavy atom. The summed E-state index contributed by atoms with van der Waals surface area (Å²) in [5, 5.41) is 3.37. The second kappa shape index (κ2) is 8.15. The summed E-state index contributed by atoms with van der Waals surface area (Å²) in [4.78, 5) is 2.46. The Labute approximate surface area is 112 Å². The molecule has 0 aliphatic rings. The van der Waals surface area contributed by atoms with Crippen molar-refractivity contribution in [3.63, 3.8) is 0 Å². The van der Waals surface area contributed by atoms with Crippen LogP contribution in [-0.2, 0) is 0 Å². The van der Waals surface area contributed by atoms with Crippen molar-refractivity contribution in [3.05, 3.63) is 29.8 Å². The first kappa shape index (κ1) is 15.0. The van der Waals surface area contributed by atoms with Crippen molar-refractivity contribution in [2.24, 2.45) is 0 Å². The van der Waals surface area contributed by atoms with Crippen molar-refractivity contribution < 1.29 is 0 Å². The van der Waals surface area contributed by atoms with Gasteiger partial charge in [-0.2, -0.15) is 0 Å². The molecule has 1 atom stereocenters. The molecule has 0 saturated heterocycles. The lowest BCUT2D eigenvalue weighted by Crippen LogP contribution is -2.28. The lowest BCUT2D eigenvalue weighted by molar-refractivity contribution is 0.490. The fourth-order valence-corrected chi connectivity index (χ4v) is 2.31. The van der Waals surface area contributed by atoms with Gasteiger partial charge in [0.15, 0.2) is 0 Å². The average Bonchev–Trinajstić information content (AvgIpc) is 2.41. The first-order valence-electron chi connectivity index (χ1n) is 7.20. The normalized spacial score (nSPS) is 12.4. The molecule has 1 rings (SSSR count). The molecule has 0 aliphatic carbocycles. The Balaban J connectivity index is 2.44. The summed E-state index contributed by atoms with van der Waals surface area (Å²) in [6, 6.07) is 9.52. The van der Waals surface area contributed by atoms with Crippen molar-refractivity contribution in [2.75, 3.05) is 25.0 Å². The van der Waals surface area contributed by atoms with E-state index in [1.54, 1.807) is 0 Å². The highest BCUT2D eigenvalue weighted by atomic mass is 15.1. The number of nitrogens with zero attached hydrogens (tertiary/aromatic N) is 1. The topological polar surface area (TPSA) is 15.3 Å². The minimum atomic E-state index is 0.668. The quantitative estimate of drug-likeness (QED) is 0.756. The SMILES string of the molecule is CCC(CCCN(CC)c1ccc(C)cc1)NC. The number of hydrogen-bond donors (Lipinski definition) is 1. The second-order valence-corrected chi connectivity index (χ2v) is 4.95. The van der Waals surface area contributed by atoms with Crippen molar-refractivity contribution in [1.82, 2.24) is 5.32 Å². The van der Waals surface area contributed by atoms with E-state index in [1.807, 2.05) is 0 Å². The smallest absolute Gasteiger partial charge is 0.0366 e. The number of anilines is 1. The Morgan fingerprint density at radius 1 is 1.17 bits per heavy atom. The van der Waals surface area contributed by atoms with Gasteiger partial charge < -0.3 is 10.2 Å². The number of hydrogen-bond acceptors (Lipinski definition) is 2. The van der Waals surface area contributed by atoms with Crippen LogP contribution in [-0.4, -0.2) is 26.2 Å². The first-order valence-corrected chi connectivity index (χ1v) is 7.20. The van der Waals surface area contributed by atoms with Crippen LogP contribution in [0.15, 0.2) is 24.3 Å². The maximum Gasteiger partial charge on any atom is 0.0366 e. The molecule has 1 aromatic carbocycles. The Kier molecular flexibility index (Phi) is 6.81. The van der Waals surface area contributed by atoms with E-state index < -0.39 is 0 Å². The third-order valence-electron chi connectivity index (χ3n) is 3.66. The predicted octanol–water partition coefficient (Wildman–Crippen LogP) is 3.60. The van der Waals surface area contributed by atoms with Crippen LogP contribution in [0.4, 0.5) is 5.69 Å². The summed E-state index contributed by atoms with van der Waals surface area (Å²) >= 11 is 0. The molecule has 1 aromatic rings. The number of nitrogens with one attached hydrogen (secondary N) is 1. The summed E-state index contributed by atoms with van der Waals surface area (Å²) in [6.07, 6.45) is 3.73. The van der Waals surface area contributed by atoms with Gasteiger partial charge in [-0.3, -0.25) is 0 Å². The van der Waals surface area contributed by atoms with Crippen LogP contribution in [0.2, 0.25) is 0 Å². The van der Waals surface area contributed by atoms with Crippen LogP contribution in [0.25, 0.3) is 0 Å². The van der Waals surface area contributed by atoms with E-state index >= 15 is 0 Å². The molecule has 0 fully saturated rings. The predicted molar refractivity (Wildman–Crippen MR) is 81.4 cm³/mol. The number of benzene rings is 1. The minimum absolute atomic E-state index is 0.668. The zero-order valence-corrected chi connectivity index (χ0v) is 12.4. The molecule has 0 spiro atoms. The molecule has 18 heavy (non-hydrogen) atoms. The van der Waals surface area contributed by atoms with Crippen molar-refractivity contribution in [1.29, 1.82) is 0 Å². The number of aryl methyl sites for hydroxylation is 1. The van der Waals surface area contributed by atoms with Crippen LogP contribution in [0.1, 0.15) is 38.7 Å². The highest BCUT2D eigenvalue weighted by Gasteiger charge is 2.06. The summed E-state index contributed by atoms with van der Waals surface area (Å²) < 4.78 is 0. The van der Waals surface area contributed by atoms with Gasteiger partial charge in [0.1, 0.15) is 0 Å². The maximum atomic E-state index is 3.37. The molecule has 0 bridgehead atoms. The Morgan fingerprint density at radius 2 is 1.83 bits per heavy atom. The molecule has 0 aliphatic heterocycles. The van der Waals surface area contributed by atoms with E-state index in [-0.39, 0.29) is 0 Å². The van der Waals surface area contributed by atoms with Crippen LogP contribution in [0.5, 0.6) is 0 Å². The van der Waals surface area contributed by atoms with E-state index in [9.17, 15) is 0 Å². The summed E-state index contributed by atoms with van der Waals surface area (Å²) in [5.41, 5.74) is 2.68. The van der Waals surface area contributed by atoms with Crippen molar-refractivity contribution in [2.45, 2.75) is 46.1 Å². The Bertz CT molecular complexity index is 314. The molecule has 1 unspecified atom stereocenters. The van der Waals surface area contributed by atoms with Crippen molar-refractivity contribution in [3.8, 4) is 0 Å². The van der Waals surface area contributed by atoms with Crippen LogP contribution in [0.3, 0.4) is 0 Å². The molecule has 0 saturated carbocycles. The lowest BCUT2D eigenvalue weighted by Gasteiger charge is -2.24. The van der Waals surface area contributed by atoms with E-state index in [1.165, 1.54) is 30.5 Å². The molecule has 0 heterocycles. The van der Waals surface area contributed by atoms with E-state index in [0.29, 0.717) is 6.04 Å². The monoisotopic (exact) mass is 248 g/mol. The second-order valence-electron chi connectivity index (χ2n) is 4.95. The summed E-state index contributed by atoms with van der Waals surface area (Å²) in [6.45, 7) is 8.85. The third kappa shape index (κ3) is 4.69. The molecular formula is C16H28N2. The van der Waals surface area contributed by atoms with Gasteiger partial charge >= 0.3 is 0 Å². The molecule has 2 nitrogen and oxygen atoms in total. The molecule has 0 aromatic heterocycles. The molecule has 1 N–H and O–H groups in total. The van der Waals surface area contributed by atoms with E-state index in [4.69, 9.17) is 0 Å². The van der Waals surface area contributed by atoms with Gasteiger partial charge in [-0.1, -0.05) is 24.6 Å². The van der Waals surface area contributed by atoms with E-state index in [2.05, 4.69) is 62.3 Å². The number of rotatable bonds is 8. The van der Waals surface area contributed by atoms with Gasteiger partial charge in [0, 0.05) is 24.8 Å². The minimum Gasteiger partial charge on any atom is -0.372 e. The average molecular weight is 248 g/mol. The molecule has 102 valence electrons. The van der Waals surface area contributed by atoms with Crippen LogP contribution < -0.4 is 10.2 Å². The molecular weight excluding hydrogens is 220 g/mol. The molecule has 0 radical (unpaired) electrons. The lowest BCUT2D eigenvalue weighted by atomic mass is 10.1. The Hall–Kier alpha value is -1.02. The maximum absolute atomic E-state index is 3.37. The first-order chi connectivity index (χ1) is 8.71. The summed E-state index contributed by atoms with van der Waals surface area (Å²) in [5.74, 6) is 0. The van der Waals surface area contributed by atoms with Gasteiger partial charge in [0.2, 0.25) is 0 Å². The molecule has 0 amide bonds. The highest BCUT2D eigenvalue weighted by Crippen LogP contribution is 2.16. The third-order valence-corrected chi connectivity index (χ3v) is 3.66. The van der Waals surface area contributed by atoms with Gasteiger partial charge in [-0.15, -0.1) is 0 Å². The zero-order chi connectivity index (χ0) is 13.4. The van der Waals surface area contributed by atoms with Gasteiger partial charge in [-0.05, 0) is 52.3 Å². The van der Waals surface area contributed by atoms with Gasteiger partial charge in [-0.25, -0.2) is 0 Å². The summed E-state index contributed by atoms with van der Waals surface area (Å²) in [7, 11) is 2.06. The van der Waals surface area contributed by atoms with Crippen LogP contribution >= 0.6 is 0 Å². The van der Waals surface area contributed by atoms with Gasteiger partial charge in [0.25, 0.3) is 0 Å². The fraction of sp³-hybridized carbons (Fsp3) is 0.625. The zero-order valence-electron chi connectivity index (χ0n) is 12.4. The molecule has 2 heteroatoms. The van der Waals surface area contributed by atoms with E-state index in [0.717, 1.165) is 13.1 Å². The fourth-order valence-electron chi connectivity index (χ4n) is 2.31. The largest absolute Gasteiger partial charge is 0.372 e. The van der Waals surface area contributed by atoms with Crippen molar-refractivity contribution >= 4 is 5.69 Å². The highest BCUT2D eigenvalue weighted by molar-refractivity contribution is 5.47. The van der Waals surface area contributed by atoms with Crippen LogP contribution in [0, 0.1) is 6.92 Å².